The van der Waals surface area contributed by atoms with Crippen LogP contribution < -0.4 is 15.9 Å². The molecule has 0 aromatic carbocycles. The van der Waals surface area contributed by atoms with Crippen LogP contribution in [0.3, 0.4) is 0 Å². The van der Waals surface area contributed by atoms with Gasteiger partial charge in [-0.05, 0) is 29.7 Å². The van der Waals surface area contributed by atoms with E-state index >= 15 is 0 Å². The van der Waals surface area contributed by atoms with Gasteiger partial charge in [0.25, 0.3) is 11.6 Å². The van der Waals surface area contributed by atoms with Gasteiger partial charge in [0.1, 0.15) is 12.0 Å². The topological polar surface area (TPSA) is 98.1 Å². The van der Waals surface area contributed by atoms with Crippen molar-refractivity contribution < 1.29 is 9.15 Å². The quantitative estimate of drug-likeness (QED) is 0.782. The fourth-order valence-electron chi connectivity index (χ4n) is 2.11. The van der Waals surface area contributed by atoms with Gasteiger partial charge >= 0.3 is 5.63 Å². The van der Waals surface area contributed by atoms with E-state index in [0.717, 1.165) is 5.56 Å². The lowest BCUT2D eigenvalue weighted by Gasteiger charge is -2.06. The summed E-state index contributed by atoms with van der Waals surface area (Å²) in [5.74, 6) is 0. The van der Waals surface area contributed by atoms with Gasteiger partial charge in [0, 0.05) is 18.5 Å². The lowest BCUT2D eigenvalue weighted by molar-refractivity contribution is 0.279. The molecule has 1 N–H and O–H groups in total. The predicted molar refractivity (Wildman–Crippen MR) is 78.8 cm³/mol. The SMILES string of the molecule is CCc1cc(=O)oc2nc(OCc3ccncc3)[nH]c(=O)c12. The van der Waals surface area contributed by atoms with Crippen LogP contribution in [-0.2, 0) is 13.0 Å². The largest absolute Gasteiger partial charge is 0.460 e. The van der Waals surface area contributed by atoms with Crippen LogP contribution in [0, 0.1) is 0 Å². The zero-order valence-corrected chi connectivity index (χ0v) is 11.8. The van der Waals surface area contributed by atoms with E-state index in [-0.39, 0.29) is 23.7 Å². The van der Waals surface area contributed by atoms with Gasteiger partial charge < -0.3 is 9.15 Å². The molecule has 0 unspecified atom stereocenters. The van der Waals surface area contributed by atoms with Crippen LogP contribution in [0.5, 0.6) is 6.01 Å². The van der Waals surface area contributed by atoms with Crippen molar-refractivity contribution in [3.63, 3.8) is 0 Å². The van der Waals surface area contributed by atoms with Gasteiger partial charge in [0.05, 0.1) is 0 Å². The second kappa shape index (κ2) is 5.80. The van der Waals surface area contributed by atoms with Crippen LogP contribution in [-0.4, -0.2) is 15.0 Å². The maximum Gasteiger partial charge on any atom is 0.337 e. The van der Waals surface area contributed by atoms with Crippen LogP contribution in [0.1, 0.15) is 18.1 Å². The smallest absolute Gasteiger partial charge is 0.337 e. The molecule has 3 heterocycles. The highest BCUT2D eigenvalue weighted by atomic mass is 16.5. The fraction of sp³-hybridized carbons (Fsp3) is 0.200. The van der Waals surface area contributed by atoms with Crippen molar-refractivity contribution in [2.24, 2.45) is 0 Å². The van der Waals surface area contributed by atoms with Crippen molar-refractivity contribution in [1.82, 2.24) is 15.0 Å². The van der Waals surface area contributed by atoms with Crippen molar-refractivity contribution in [3.05, 3.63) is 62.5 Å². The Morgan fingerprint density at radius 3 is 2.77 bits per heavy atom. The molecule has 0 aliphatic carbocycles. The first kappa shape index (κ1) is 14.0. The molecule has 0 fully saturated rings. The minimum Gasteiger partial charge on any atom is -0.460 e. The Bertz CT molecular complexity index is 915. The lowest BCUT2D eigenvalue weighted by atomic mass is 10.1. The van der Waals surface area contributed by atoms with E-state index in [0.29, 0.717) is 12.0 Å². The maximum atomic E-state index is 12.2. The molecule has 3 rings (SSSR count). The van der Waals surface area contributed by atoms with Crippen molar-refractivity contribution >= 4 is 11.1 Å². The molecular weight excluding hydrogens is 286 g/mol. The molecule has 0 saturated heterocycles. The highest BCUT2D eigenvalue weighted by molar-refractivity contribution is 5.75. The molecule has 7 heteroatoms. The molecule has 112 valence electrons. The van der Waals surface area contributed by atoms with Crippen LogP contribution in [0.25, 0.3) is 11.1 Å². The zero-order chi connectivity index (χ0) is 15.5. The second-order valence-corrected chi connectivity index (χ2v) is 4.64. The highest BCUT2D eigenvalue weighted by Crippen LogP contribution is 2.14. The van der Waals surface area contributed by atoms with Crippen LogP contribution in [0.4, 0.5) is 0 Å². The Morgan fingerprint density at radius 2 is 2.05 bits per heavy atom. The Balaban J connectivity index is 1.99. The van der Waals surface area contributed by atoms with E-state index in [2.05, 4.69) is 15.0 Å². The maximum absolute atomic E-state index is 12.2. The minimum atomic E-state index is -0.539. The average Bonchev–Trinajstić information content (AvgIpc) is 2.52. The normalized spacial score (nSPS) is 10.8. The van der Waals surface area contributed by atoms with Crippen molar-refractivity contribution in [2.75, 3.05) is 0 Å². The first-order valence-electron chi connectivity index (χ1n) is 6.76. The van der Waals surface area contributed by atoms with Gasteiger partial charge in [0.2, 0.25) is 5.71 Å². The molecule has 0 bridgehead atoms. The molecule has 3 aromatic heterocycles. The predicted octanol–water partition coefficient (Wildman–Crippen LogP) is 1.41. The monoisotopic (exact) mass is 299 g/mol. The number of hydrogen-bond acceptors (Lipinski definition) is 6. The summed E-state index contributed by atoms with van der Waals surface area (Å²) in [6, 6.07) is 4.88. The summed E-state index contributed by atoms with van der Waals surface area (Å²) in [6.07, 6.45) is 3.81. The summed E-state index contributed by atoms with van der Waals surface area (Å²) in [5, 5.41) is 0.276. The Hall–Kier alpha value is -2.96. The number of ether oxygens (including phenoxy) is 1. The second-order valence-electron chi connectivity index (χ2n) is 4.64. The van der Waals surface area contributed by atoms with Gasteiger partial charge in [-0.3, -0.25) is 14.8 Å². The van der Waals surface area contributed by atoms with Crippen LogP contribution in [0.15, 0.2) is 44.6 Å². The number of hydrogen-bond donors (Lipinski definition) is 1. The summed E-state index contributed by atoms with van der Waals surface area (Å²) >= 11 is 0. The van der Waals surface area contributed by atoms with E-state index in [1.165, 1.54) is 6.07 Å². The minimum absolute atomic E-state index is 0.00529. The number of fused-ring (bicyclic) bond motifs is 1. The number of H-pyrrole nitrogens is 1. The van der Waals surface area contributed by atoms with Gasteiger partial charge in [0.15, 0.2) is 0 Å². The van der Waals surface area contributed by atoms with Crippen molar-refractivity contribution in [3.8, 4) is 6.01 Å². The molecule has 3 aromatic rings. The molecule has 7 nitrogen and oxygen atoms in total. The van der Waals surface area contributed by atoms with E-state index in [9.17, 15) is 9.59 Å². The summed E-state index contributed by atoms with van der Waals surface area (Å²) in [6.45, 7) is 2.07. The van der Waals surface area contributed by atoms with Gasteiger partial charge in [-0.25, -0.2) is 4.79 Å². The molecule has 0 aliphatic heterocycles. The Morgan fingerprint density at radius 1 is 1.27 bits per heavy atom. The third kappa shape index (κ3) is 2.73. The first-order chi connectivity index (χ1) is 10.7. The number of rotatable bonds is 4. The molecule has 22 heavy (non-hydrogen) atoms. The Kier molecular flexibility index (Phi) is 3.69. The number of nitrogens with zero attached hydrogens (tertiary/aromatic N) is 2. The number of aromatic amines is 1. The van der Waals surface area contributed by atoms with Gasteiger partial charge in [-0.2, -0.15) is 4.98 Å². The molecule has 0 aliphatic rings. The Labute approximate surface area is 124 Å². The molecule has 0 amide bonds. The average molecular weight is 299 g/mol. The number of nitrogens with one attached hydrogen (secondary N) is 1. The van der Waals surface area contributed by atoms with E-state index in [4.69, 9.17) is 9.15 Å². The summed E-state index contributed by atoms with van der Waals surface area (Å²) in [7, 11) is 0. The van der Waals surface area contributed by atoms with Crippen LogP contribution >= 0.6 is 0 Å². The lowest BCUT2D eigenvalue weighted by Crippen LogP contribution is -2.15. The van der Waals surface area contributed by atoms with Crippen molar-refractivity contribution in [2.45, 2.75) is 20.0 Å². The number of aryl methyl sites for hydroxylation is 1. The van der Waals surface area contributed by atoms with Crippen molar-refractivity contribution in [1.29, 1.82) is 0 Å². The van der Waals surface area contributed by atoms with Gasteiger partial charge in [-0.15, -0.1) is 0 Å². The van der Waals surface area contributed by atoms with Gasteiger partial charge in [-0.1, -0.05) is 6.92 Å². The summed E-state index contributed by atoms with van der Waals surface area (Å²) in [4.78, 5) is 34.2. The standard InChI is InChI=1S/C15H13N3O4/c1-2-10-7-11(19)22-14-12(10)13(20)17-15(18-14)21-8-9-3-5-16-6-4-9/h3-7H,2,8H2,1H3,(H,17,18,20). The molecule has 0 spiro atoms. The third-order valence-electron chi connectivity index (χ3n) is 3.18. The van der Waals surface area contributed by atoms with E-state index in [1.54, 1.807) is 24.5 Å². The summed E-state index contributed by atoms with van der Waals surface area (Å²) in [5.41, 5.74) is 0.526. The number of aromatic nitrogens is 3. The first-order valence-corrected chi connectivity index (χ1v) is 6.76. The van der Waals surface area contributed by atoms with Crippen LogP contribution in [0.2, 0.25) is 0 Å². The fourth-order valence-corrected chi connectivity index (χ4v) is 2.11. The molecule has 0 saturated carbocycles. The van der Waals surface area contributed by atoms with E-state index < -0.39 is 11.2 Å². The summed E-state index contributed by atoms with van der Waals surface area (Å²) < 4.78 is 10.4. The molecule has 0 radical (unpaired) electrons. The zero-order valence-electron chi connectivity index (χ0n) is 11.8. The highest BCUT2D eigenvalue weighted by Gasteiger charge is 2.12. The molecule has 0 atom stereocenters. The van der Waals surface area contributed by atoms with E-state index in [1.807, 2.05) is 6.92 Å². The number of pyridine rings is 1. The third-order valence-corrected chi connectivity index (χ3v) is 3.18. The molecular formula is C15H13N3O4.